The van der Waals surface area contributed by atoms with Gasteiger partial charge >= 0.3 is 5.97 Å². The fraction of sp³-hybridized carbons (Fsp3) is 0.0909. The number of hydrogen-bond acceptors (Lipinski definition) is 4. The summed E-state index contributed by atoms with van der Waals surface area (Å²) < 4.78 is 5.51. The smallest absolute Gasteiger partial charge is 0.340 e. The number of methoxy groups -OCH3 is 1. The zero-order chi connectivity index (χ0) is 11.7. The van der Waals surface area contributed by atoms with E-state index in [9.17, 15) is 9.59 Å². The first kappa shape index (κ1) is 10.2. The van der Waals surface area contributed by atoms with Crippen molar-refractivity contribution in [2.24, 2.45) is 0 Å². The minimum absolute atomic E-state index is 0.278. The van der Waals surface area contributed by atoms with E-state index in [0.29, 0.717) is 10.8 Å². The van der Waals surface area contributed by atoms with Crippen molar-refractivity contribution in [1.29, 1.82) is 0 Å². The third-order valence-corrected chi connectivity index (χ3v) is 2.36. The fourth-order valence-electron chi connectivity index (χ4n) is 1.58. The molecule has 0 aliphatic heterocycles. The topological polar surface area (TPSA) is 74.3 Å². The molecule has 0 aliphatic rings. The van der Waals surface area contributed by atoms with Gasteiger partial charge in [-0.25, -0.2) is 9.47 Å². The van der Waals surface area contributed by atoms with E-state index in [-0.39, 0.29) is 11.1 Å². The van der Waals surface area contributed by atoms with Crippen molar-refractivity contribution >= 4 is 16.7 Å². The number of carbonyl (C=O) groups is 1. The zero-order valence-electron chi connectivity index (χ0n) is 8.64. The van der Waals surface area contributed by atoms with Gasteiger partial charge in [-0.15, -0.1) is 0 Å². The molecule has 16 heavy (non-hydrogen) atoms. The Balaban J connectivity index is 2.90. The highest BCUT2D eigenvalue weighted by Gasteiger charge is 2.13. The van der Waals surface area contributed by atoms with Gasteiger partial charge in [-0.2, -0.15) is 0 Å². The van der Waals surface area contributed by atoms with E-state index < -0.39 is 5.97 Å². The number of rotatable bonds is 1. The van der Waals surface area contributed by atoms with Crippen LogP contribution >= 0.6 is 0 Å². The van der Waals surface area contributed by atoms with Crippen LogP contribution < -0.4 is 11.4 Å². The summed E-state index contributed by atoms with van der Waals surface area (Å²) in [5, 5.41) is 0.939. The van der Waals surface area contributed by atoms with Crippen LogP contribution in [0, 0.1) is 0 Å². The molecule has 2 aromatic rings. The van der Waals surface area contributed by atoms with E-state index in [1.54, 1.807) is 24.3 Å². The number of benzene rings is 1. The van der Waals surface area contributed by atoms with Crippen molar-refractivity contribution in [2.45, 2.75) is 0 Å². The third kappa shape index (κ3) is 1.42. The molecule has 82 valence electrons. The normalized spacial score (nSPS) is 10.3. The molecule has 0 spiro atoms. The van der Waals surface area contributed by atoms with Crippen LogP contribution in [0.1, 0.15) is 10.4 Å². The molecule has 0 aliphatic carbocycles. The number of hydrogen-bond donors (Lipinski definition) is 1. The summed E-state index contributed by atoms with van der Waals surface area (Å²) in [5.41, 5.74) is -0.0662. The Labute approximate surface area is 91.0 Å². The number of nitrogen functional groups attached to an aromatic ring is 1. The van der Waals surface area contributed by atoms with E-state index in [0.717, 1.165) is 4.68 Å². The van der Waals surface area contributed by atoms with E-state index in [2.05, 4.69) is 4.74 Å². The van der Waals surface area contributed by atoms with Crippen LogP contribution in [0.15, 0.2) is 35.3 Å². The molecule has 5 heteroatoms. The van der Waals surface area contributed by atoms with Crippen LogP contribution in [0.5, 0.6) is 0 Å². The van der Waals surface area contributed by atoms with Crippen LogP contribution in [-0.4, -0.2) is 17.8 Å². The highest BCUT2D eigenvalue weighted by molar-refractivity contribution is 6.03. The molecule has 0 unspecified atom stereocenters. The predicted molar refractivity (Wildman–Crippen MR) is 59.7 cm³/mol. The summed E-state index contributed by atoms with van der Waals surface area (Å²) in [6, 6.07) is 6.76. The Morgan fingerprint density at radius 2 is 1.94 bits per heavy atom. The number of aromatic nitrogens is 1. The standard InChI is InChI=1S/C11H10N2O3/c1-16-11(15)9-6-13(12)10(14)8-5-3-2-4-7(8)9/h2-6H,12H2,1H3. The number of nitrogens with zero attached hydrogens (tertiary/aromatic N) is 1. The maximum atomic E-state index is 11.7. The monoisotopic (exact) mass is 218 g/mol. The average molecular weight is 218 g/mol. The summed E-state index contributed by atoms with van der Waals surface area (Å²) in [6.45, 7) is 0. The van der Waals surface area contributed by atoms with Gasteiger partial charge in [0.2, 0.25) is 0 Å². The van der Waals surface area contributed by atoms with Gasteiger partial charge < -0.3 is 10.6 Å². The Morgan fingerprint density at radius 1 is 1.31 bits per heavy atom. The van der Waals surface area contributed by atoms with Crippen molar-refractivity contribution in [3.8, 4) is 0 Å². The molecule has 0 fully saturated rings. The van der Waals surface area contributed by atoms with Gasteiger partial charge in [0.1, 0.15) is 0 Å². The van der Waals surface area contributed by atoms with Gasteiger partial charge in [0, 0.05) is 17.0 Å². The summed E-state index contributed by atoms with van der Waals surface area (Å²) in [5.74, 6) is 4.96. The lowest BCUT2D eigenvalue weighted by Gasteiger charge is -2.06. The minimum Gasteiger partial charge on any atom is -0.465 e. The van der Waals surface area contributed by atoms with Crippen molar-refractivity contribution in [2.75, 3.05) is 13.0 Å². The summed E-state index contributed by atoms with van der Waals surface area (Å²) in [6.07, 6.45) is 1.27. The summed E-state index contributed by atoms with van der Waals surface area (Å²) >= 11 is 0. The number of ether oxygens (including phenoxy) is 1. The fourth-order valence-corrected chi connectivity index (χ4v) is 1.58. The lowest BCUT2D eigenvalue weighted by Crippen LogP contribution is -2.28. The molecule has 0 saturated carbocycles. The maximum absolute atomic E-state index is 11.7. The molecule has 0 bridgehead atoms. The van der Waals surface area contributed by atoms with Crippen molar-refractivity contribution in [1.82, 2.24) is 4.68 Å². The number of fused-ring (bicyclic) bond motifs is 1. The third-order valence-electron chi connectivity index (χ3n) is 2.36. The molecule has 1 aromatic heterocycles. The van der Waals surface area contributed by atoms with E-state index in [1.165, 1.54) is 13.3 Å². The van der Waals surface area contributed by atoms with Gasteiger partial charge in [0.05, 0.1) is 12.7 Å². The van der Waals surface area contributed by atoms with Crippen molar-refractivity contribution in [3.63, 3.8) is 0 Å². The zero-order valence-corrected chi connectivity index (χ0v) is 8.64. The highest BCUT2D eigenvalue weighted by Crippen LogP contribution is 2.15. The Morgan fingerprint density at radius 3 is 2.56 bits per heavy atom. The quantitative estimate of drug-likeness (QED) is 0.558. The molecule has 2 N–H and O–H groups in total. The van der Waals surface area contributed by atoms with E-state index >= 15 is 0 Å². The predicted octanol–water partition coefficient (Wildman–Crippen LogP) is 0.502. The van der Waals surface area contributed by atoms with Crippen LogP contribution in [0.25, 0.3) is 10.8 Å². The molecule has 1 heterocycles. The van der Waals surface area contributed by atoms with Gasteiger partial charge in [-0.1, -0.05) is 18.2 Å². The van der Waals surface area contributed by atoms with Crippen molar-refractivity contribution < 1.29 is 9.53 Å². The van der Waals surface area contributed by atoms with Crippen LogP contribution in [-0.2, 0) is 4.74 Å². The van der Waals surface area contributed by atoms with Gasteiger partial charge in [0.25, 0.3) is 5.56 Å². The van der Waals surface area contributed by atoms with Crippen molar-refractivity contribution in [3.05, 3.63) is 46.4 Å². The molecular weight excluding hydrogens is 208 g/mol. The Hall–Kier alpha value is -2.30. The molecule has 1 aromatic carbocycles. The molecule has 0 radical (unpaired) electrons. The largest absolute Gasteiger partial charge is 0.465 e. The molecule has 5 nitrogen and oxygen atoms in total. The maximum Gasteiger partial charge on any atom is 0.340 e. The molecule has 2 rings (SSSR count). The number of nitrogens with two attached hydrogens (primary N) is 1. The number of esters is 1. The Kier molecular flexibility index (Phi) is 2.36. The van der Waals surface area contributed by atoms with Crippen LogP contribution in [0.4, 0.5) is 0 Å². The second-order valence-electron chi connectivity index (χ2n) is 3.29. The first-order chi connectivity index (χ1) is 7.65. The Bertz CT molecular complexity index is 616. The van der Waals surface area contributed by atoms with Crippen LogP contribution in [0.3, 0.4) is 0 Å². The molecule has 0 atom stereocenters. The molecule has 0 amide bonds. The minimum atomic E-state index is -0.518. The van der Waals surface area contributed by atoms with Gasteiger partial charge in [-0.05, 0) is 6.07 Å². The first-order valence-electron chi connectivity index (χ1n) is 4.63. The number of carbonyl (C=O) groups excluding carboxylic acids is 1. The summed E-state index contributed by atoms with van der Waals surface area (Å²) in [7, 11) is 1.28. The van der Waals surface area contributed by atoms with E-state index in [1.807, 2.05) is 0 Å². The van der Waals surface area contributed by atoms with Gasteiger partial charge in [0.15, 0.2) is 0 Å². The van der Waals surface area contributed by atoms with E-state index in [4.69, 9.17) is 5.84 Å². The van der Waals surface area contributed by atoms with Gasteiger partial charge in [-0.3, -0.25) is 4.79 Å². The lowest BCUT2D eigenvalue weighted by atomic mass is 10.1. The average Bonchev–Trinajstić information content (AvgIpc) is 2.33. The first-order valence-corrected chi connectivity index (χ1v) is 4.63. The van der Waals surface area contributed by atoms with Crippen LogP contribution in [0.2, 0.25) is 0 Å². The second-order valence-corrected chi connectivity index (χ2v) is 3.29. The SMILES string of the molecule is COC(=O)c1cn(N)c(=O)c2ccccc12. The summed E-state index contributed by atoms with van der Waals surface area (Å²) in [4.78, 5) is 23.2. The lowest BCUT2D eigenvalue weighted by molar-refractivity contribution is 0.0602. The molecular formula is C11H10N2O3. The second kappa shape index (κ2) is 3.69. The highest BCUT2D eigenvalue weighted by atomic mass is 16.5. The number of pyridine rings is 1. The molecule has 0 saturated heterocycles.